The molecule has 0 aliphatic carbocycles. The molecule has 2 nitrogen and oxygen atoms in total. The van der Waals surface area contributed by atoms with Crippen molar-refractivity contribution in [1.29, 1.82) is 0 Å². The van der Waals surface area contributed by atoms with Crippen molar-refractivity contribution in [1.82, 2.24) is 9.55 Å². The van der Waals surface area contributed by atoms with Gasteiger partial charge in [0, 0.05) is 11.9 Å². The molecule has 0 saturated heterocycles. The summed E-state index contributed by atoms with van der Waals surface area (Å²) in [6.07, 6.45) is 3.35. The van der Waals surface area contributed by atoms with Crippen molar-refractivity contribution < 1.29 is 4.39 Å². The van der Waals surface area contributed by atoms with Crippen LogP contribution in [0.25, 0.3) is 0 Å². The molecule has 1 aromatic heterocycles. The van der Waals surface area contributed by atoms with Crippen molar-refractivity contribution in [3.63, 3.8) is 0 Å². The highest BCUT2D eigenvalue weighted by Crippen LogP contribution is 1.94. The molecule has 9 heavy (non-hydrogen) atoms. The molecule has 1 heterocycles. The second kappa shape index (κ2) is 2.62. The summed E-state index contributed by atoms with van der Waals surface area (Å²) in [5.41, 5.74) is 1.01. The number of hydrogen-bond donors (Lipinski definition) is 0. The third kappa shape index (κ3) is 1.28. The second-order valence-electron chi connectivity index (χ2n) is 1.92. The molecule has 3 heteroatoms. The Morgan fingerprint density at radius 2 is 2.56 bits per heavy atom. The number of alkyl halides is 1. The van der Waals surface area contributed by atoms with Crippen LogP contribution < -0.4 is 0 Å². The van der Waals surface area contributed by atoms with E-state index in [1.54, 1.807) is 17.1 Å². The van der Waals surface area contributed by atoms with Crippen LogP contribution >= 0.6 is 0 Å². The number of imidazole rings is 1. The molecule has 0 spiro atoms. The van der Waals surface area contributed by atoms with Crippen LogP contribution in [0.3, 0.4) is 0 Å². The molecule has 0 N–H and O–H groups in total. The zero-order chi connectivity index (χ0) is 6.69. The minimum atomic E-state index is -0.322. The number of aromatic nitrogens is 2. The van der Waals surface area contributed by atoms with E-state index in [1.807, 2.05) is 6.92 Å². The lowest BCUT2D eigenvalue weighted by molar-refractivity contribution is 0.442. The van der Waals surface area contributed by atoms with Gasteiger partial charge < -0.3 is 4.57 Å². The molecule has 0 atom stereocenters. The maximum atomic E-state index is 11.7. The molecule has 1 rings (SSSR count). The number of hydrogen-bond acceptors (Lipinski definition) is 1. The molecular weight excluding hydrogens is 119 g/mol. The minimum Gasteiger partial charge on any atom is -0.332 e. The van der Waals surface area contributed by atoms with Gasteiger partial charge in [-0.05, 0) is 6.92 Å². The van der Waals surface area contributed by atoms with Crippen molar-refractivity contribution in [3.8, 4) is 0 Å². The Morgan fingerprint density at radius 3 is 3.00 bits per heavy atom. The first kappa shape index (κ1) is 6.26. The Balaban J connectivity index is 2.69. The Bertz CT molecular complexity index is 183. The van der Waals surface area contributed by atoms with Crippen LogP contribution in [-0.4, -0.2) is 16.2 Å². The molecule has 0 aliphatic rings. The first-order valence-corrected chi connectivity index (χ1v) is 2.87. The molecule has 0 aliphatic heterocycles. The van der Waals surface area contributed by atoms with E-state index in [-0.39, 0.29) is 6.67 Å². The lowest BCUT2D eigenvalue weighted by atomic mass is 10.5. The summed E-state index contributed by atoms with van der Waals surface area (Å²) >= 11 is 0. The van der Waals surface area contributed by atoms with E-state index in [9.17, 15) is 4.39 Å². The molecule has 0 saturated carbocycles. The smallest absolute Gasteiger partial charge is 0.107 e. The standard InChI is InChI=1S/C6H9FN2/c1-6-4-8-5-9(6)3-2-7/h4-5H,2-3H2,1H3. The van der Waals surface area contributed by atoms with Crippen LogP contribution in [0.4, 0.5) is 4.39 Å². The van der Waals surface area contributed by atoms with E-state index in [1.165, 1.54) is 0 Å². The third-order valence-corrected chi connectivity index (χ3v) is 1.25. The summed E-state index contributed by atoms with van der Waals surface area (Å²) in [7, 11) is 0. The topological polar surface area (TPSA) is 17.8 Å². The zero-order valence-electron chi connectivity index (χ0n) is 5.34. The van der Waals surface area contributed by atoms with Gasteiger partial charge in [0.15, 0.2) is 0 Å². The van der Waals surface area contributed by atoms with E-state index in [4.69, 9.17) is 0 Å². The summed E-state index contributed by atoms with van der Waals surface area (Å²) in [4.78, 5) is 3.84. The van der Waals surface area contributed by atoms with Gasteiger partial charge in [-0.3, -0.25) is 0 Å². The van der Waals surface area contributed by atoms with Crippen LogP contribution in [0.5, 0.6) is 0 Å². The Morgan fingerprint density at radius 1 is 1.78 bits per heavy atom. The Labute approximate surface area is 53.3 Å². The summed E-state index contributed by atoms with van der Waals surface area (Å²) < 4.78 is 13.5. The fourth-order valence-corrected chi connectivity index (χ4v) is 0.712. The monoisotopic (exact) mass is 128 g/mol. The highest BCUT2D eigenvalue weighted by Gasteiger charge is 1.92. The second-order valence-corrected chi connectivity index (χ2v) is 1.92. The predicted molar refractivity (Wildman–Crippen MR) is 32.9 cm³/mol. The quantitative estimate of drug-likeness (QED) is 0.584. The first-order chi connectivity index (χ1) is 4.34. The fraction of sp³-hybridized carbons (Fsp3) is 0.500. The lowest BCUT2D eigenvalue weighted by Gasteiger charge is -1.97. The maximum absolute atomic E-state index is 11.7. The molecule has 50 valence electrons. The van der Waals surface area contributed by atoms with Gasteiger partial charge in [0.2, 0.25) is 0 Å². The lowest BCUT2D eigenvalue weighted by Crippen LogP contribution is -1.98. The largest absolute Gasteiger partial charge is 0.332 e. The molecule has 0 bridgehead atoms. The Hall–Kier alpha value is -0.860. The summed E-state index contributed by atoms with van der Waals surface area (Å²) in [5.74, 6) is 0. The van der Waals surface area contributed by atoms with Crippen molar-refractivity contribution in [2.24, 2.45) is 0 Å². The van der Waals surface area contributed by atoms with Gasteiger partial charge in [-0.25, -0.2) is 9.37 Å². The average molecular weight is 128 g/mol. The third-order valence-electron chi connectivity index (χ3n) is 1.25. The fourth-order valence-electron chi connectivity index (χ4n) is 0.712. The molecule has 1 aromatic rings. The van der Waals surface area contributed by atoms with E-state index in [0.29, 0.717) is 6.54 Å². The number of halogens is 1. The minimum absolute atomic E-state index is 0.322. The van der Waals surface area contributed by atoms with Crippen molar-refractivity contribution >= 4 is 0 Å². The van der Waals surface area contributed by atoms with Crippen LogP contribution in [0.1, 0.15) is 5.69 Å². The van der Waals surface area contributed by atoms with Gasteiger partial charge in [0.25, 0.3) is 0 Å². The molecule has 0 unspecified atom stereocenters. The van der Waals surface area contributed by atoms with Crippen LogP contribution in [0.15, 0.2) is 12.5 Å². The predicted octanol–water partition coefficient (Wildman–Crippen LogP) is 1.16. The van der Waals surface area contributed by atoms with Crippen molar-refractivity contribution in [3.05, 3.63) is 18.2 Å². The van der Waals surface area contributed by atoms with Gasteiger partial charge >= 0.3 is 0 Å². The molecular formula is C6H9FN2. The van der Waals surface area contributed by atoms with Crippen LogP contribution in [-0.2, 0) is 6.54 Å². The molecule has 0 aromatic carbocycles. The summed E-state index contributed by atoms with van der Waals surface area (Å²) in [5, 5.41) is 0. The summed E-state index contributed by atoms with van der Waals surface area (Å²) in [6.45, 7) is 2.01. The molecule has 0 fully saturated rings. The zero-order valence-corrected chi connectivity index (χ0v) is 5.34. The van der Waals surface area contributed by atoms with Gasteiger partial charge in [-0.2, -0.15) is 0 Å². The average Bonchev–Trinajstić information content (AvgIpc) is 2.18. The normalized spacial score (nSPS) is 10.0. The number of rotatable bonds is 2. The molecule has 0 amide bonds. The van der Waals surface area contributed by atoms with Gasteiger partial charge in [0.1, 0.15) is 6.67 Å². The van der Waals surface area contributed by atoms with E-state index >= 15 is 0 Å². The van der Waals surface area contributed by atoms with E-state index < -0.39 is 0 Å². The number of nitrogens with zero attached hydrogens (tertiary/aromatic N) is 2. The maximum Gasteiger partial charge on any atom is 0.107 e. The SMILES string of the molecule is Cc1cncn1CCF. The van der Waals surface area contributed by atoms with Crippen molar-refractivity contribution in [2.45, 2.75) is 13.5 Å². The highest BCUT2D eigenvalue weighted by molar-refractivity contribution is 4.93. The Kier molecular flexibility index (Phi) is 1.82. The van der Waals surface area contributed by atoms with E-state index in [2.05, 4.69) is 4.98 Å². The number of aryl methyl sites for hydroxylation is 2. The first-order valence-electron chi connectivity index (χ1n) is 2.87. The van der Waals surface area contributed by atoms with E-state index in [0.717, 1.165) is 5.69 Å². The van der Waals surface area contributed by atoms with Crippen molar-refractivity contribution in [2.75, 3.05) is 6.67 Å². The summed E-state index contributed by atoms with van der Waals surface area (Å²) in [6, 6.07) is 0. The highest BCUT2D eigenvalue weighted by atomic mass is 19.1. The van der Waals surface area contributed by atoms with Gasteiger partial charge in [-0.15, -0.1) is 0 Å². The van der Waals surface area contributed by atoms with Crippen LogP contribution in [0, 0.1) is 6.92 Å². The van der Waals surface area contributed by atoms with Gasteiger partial charge in [-0.1, -0.05) is 0 Å². The van der Waals surface area contributed by atoms with Gasteiger partial charge in [0.05, 0.1) is 12.9 Å². The van der Waals surface area contributed by atoms with Crippen LogP contribution in [0.2, 0.25) is 0 Å². The molecule has 0 radical (unpaired) electrons.